The van der Waals surface area contributed by atoms with Gasteiger partial charge < -0.3 is 19.7 Å². The van der Waals surface area contributed by atoms with E-state index in [-0.39, 0.29) is 17.9 Å². The van der Waals surface area contributed by atoms with Crippen LogP contribution in [0.2, 0.25) is 0 Å². The molecular formula is C38H50F2N4O4. The van der Waals surface area contributed by atoms with Gasteiger partial charge in [-0.2, -0.15) is 5.10 Å². The van der Waals surface area contributed by atoms with Crippen LogP contribution in [0, 0.1) is 18.8 Å². The molecule has 1 N–H and O–H groups in total. The summed E-state index contributed by atoms with van der Waals surface area (Å²) < 4.78 is 39.1. The van der Waals surface area contributed by atoms with Crippen molar-refractivity contribution in [1.82, 2.24) is 15.1 Å². The summed E-state index contributed by atoms with van der Waals surface area (Å²) in [6.45, 7) is 6.89. The van der Waals surface area contributed by atoms with E-state index in [2.05, 4.69) is 61.5 Å². The first-order valence-corrected chi connectivity index (χ1v) is 17.3. The van der Waals surface area contributed by atoms with Crippen LogP contribution in [0.15, 0.2) is 54.9 Å². The highest BCUT2D eigenvalue weighted by molar-refractivity contribution is 5.95. The van der Waals surface area contributed by atoms with E-state index in [1.807, 2.05) is 34.1 Å². The van der Waals surface area contributed by atoms with Crippen molar-refractivity contribution in [3.05, 3.63) is 66.0 Å². The number of alkyl carbamates (subject to hydrolysis) is 1. The first-order chi connectivity index (χ1) is 22.9. The number of carbonyl (C=O) groups is 2. The Bertz CT molecular complexity index is 1540. The van der Waals surface area contributed by atoms with Crippen LogP contribution in [-0.2, 0) is 9.53 Å². The molecule has 0 saturated heterocycles. The number of nitrogens with one attached hydrogen (secondary N) is 1. The predicted octanol–water partition coefficient (Wildman–Crippen LogP) is 8.70. The van der Waals surface area contributed by atoms with E-state index in [9.17, 15) is 18.4 Å². The number of aromatic nitrogens is 2. The summed E-state index contributed by atoms with van der Waals surface area (Å²) in [7, 11) is 1.70. The third kappa shape index (κ3) is 9.14. The molecule has 2 aromatic carbocycles. The lowest BCUT2D eigenvalue weighted by molar-refractivity contribution is -0.124. The van der Waals surface area contributed by atoms with Crippen molar-refractivity contribution in [3.63, 3.8) is 0 Å². The topological polar surface area (TPSA) is 85.7 Å². The van der Waals surface area contributed by atoms with Crippen LogP contribution < -0.4 is 15.0 Å². The van der Waals surface area contributed by atoms with Gasteiger partial charge in [0.05, 0.1) is 19.9 Å². The third-order valence-electron chi connectivity index (χ3n) is 9.91. The van der Waals surface area contributed by atoms with Crippen molar-refractivity contribution in [2.45, 2.75) is 103 Å². The molecule has 1 heterocycles. The van der Waals surface area contributed by atoms with Crippen molar-refractivity contribution < 1.29 is 27.8 Å². The molecule has 5 rings (SSSR count). The van der Waals surface area contributed by atoms with Crippen molar-refractivity contribution in [3.8, 4) is 16.9 Å². The van der Waals surface area contributed by atoms with Crippen LogP contribution in [0.4, 0.5) is 19.3 Å². The minimum atomic E-state index is -3.01. The van der Waals surface area contributed by atoms with Gasteiger partial charge in [-0.3, -0.25) is 9.48 Å². The van der Waals surface area contributed by atoms with E-state index in [1.165, 1.54) is 5.56 Å². The van der Waals surface area contributed by atoms with Crippen molar-refractivity contribution in [2.75, 3.05) is 25.1 Å². The fraction of sp³-hybridized carbons (Fsp3) is 0.553. The lowest BCUT2D eigenvalue weighted by atomic mass is 9.78. The molecule has 2 amide bonds. The van der Waals surface area contributed by atoms with Gasteiger partial charge in [0, 0.05) is 42.9 Å². The highest BCUT2D eigenvalue weighted by atomic mass is 19.3. The lowest BCUT2D eigenvalue weighted by Crippen LogP contribution is -2.42. The van der Waals surface area contributed by atoms with Crippen LogP contribution in [-0.4, -0.2) is 54.0 Å². The molecule has 0 spiro atoms. The number of hydrogen-bond donors (Lipinski definition) is 1. The average molecular weight is 665 g/mol. The second-order valence-electron chi connectivity index (χ2n) is 14.1. The van der Waals surface area contributed by atoms with E-state index < -0.39 is 24.7 Å². The van der Waals surface area contributed by atoms with E-state index >= 15 is 0 Å². The van der Waals surface area contributed by atoms with Crippen molar-refractivity contribution in [2.24, 2.45) is 11.8 Å². The molecule has 1 aromatic heterocycles. The number of benzene rings is 2. The van der Waals surface area contributed by atoms with E-state index in [0.29, 0.717) is 44.1 Å². The van der Waals surface area contributed by atoms with Gasteiger partial charge in [-0.25, -0.2) is 13.6 Å². The molecule has 48 heavy (non-hydrogen) atoms. The Labute approximate surface area is 283 Å². The summed E-state index contributed by atoms with van der Waals surface area (Å²) in [4.78, 5) is 28.4. The molecule has 8 nitrogen and oxygen atoms in total. The monoisotopic (exact) mass is 664 g/mol. The molecule has 2 fully saturated rings. The van der Waals surface area contributed by atoms with E-state index in [1.54, 1.807) is 7.11 Å². The average Bonchev–Trinajstić information content (AvgIpc) is 3.58. The zero-order valence-electron chi connectivity index (χ0n) is 28.9. The molecule has 2 aliphatic rings. The second kappa shape index (κ2) is 15.5. The summed E-state index contributed by atoms with van der Waals surface area (Å²) in [5.41, 5.74) is 5.39. The summed E-state index contributed by atoms with van der Waals surface area (Å²) >= 11 is 0. The molecule has 10 heteroatoms. The SMILES string of the molecule is COc1ccc([C@H]2CC[C@H](CN(c3cccc(-c4cnn(C(C)C)c4)c3)C(=O)[C@H]3CC[C@H](OC(=O)NCC(C)(F)F)CC3)CC2)cc1C. The molecular weight excluding hydrogens is 614 g/mol. The fourth-order valence-corrected chi connectivity index (χ4v) is 7.11. The number of alkyl halides is 2. The zero-order valence-corrected chi connectivity index (χ0v) is 28.9. The Kier molecular flexibility index (Phi) is 11.4. The van der Waals surface area contributed by atoms with Gasteiger partial charge in [-0.1, -0.05) is 24.3 Å². The normalized spacial score (nSPS) is 21.5. The molecule has 0 atom stereocenters. The highest BCUT2D eigenvalue weighted by Crippen LogP contribution is 2.39. The lowest BCUT2D eigenvalue weighted by Gasteiger charge is -2.36. The molecule has 260 valence electrons. The summed E-state index contributed by atoms with van der Waals surface area (Å²) in [5.74, 6) is -1.35. The second-order valence-corrected chi connectivity index (χ2v) is 14.1. The largest absolute Gasteiger partial charge is 0.496 e. The van der Waals surface area contributed by atoms with Crippen LogP contribution >= 0.6 is 0 Å². The van der Waals surface area contributed by atoms with Gasteiger partial charge in [0.15, 0.2) is 0 Å². The minimum absolute atomic E-state index is 0.0893. The number of carbonyl (C=O) groups excluding carboxylic acids is 2. The van der Waals surface area contributed by atoms with Gasteiger partial charge in [0.25, 0.3) is 5.92 Å². The predicted molar refractivity (Wildman–Crippen MR) is 184 cm³/mol. The quantitative estimate of drug-likeness (QED) is 0.222. The number of hydrogen-bond acceptors (Lipinski definition) is 5. The number of nitrogens with zero attached hydrogens (tertiary/aromatic N) is 3. The van der Waals surface area contributed by atoms with Crippen LogP contribution in [0.1, 0.15) is 95.2 Å². The molecule has 0 unspecified atom stereocenters. The van der Waals surface area contributed by atoms with Gasteiger partial charge in [-0.15, -0.1) is 0 Å². The molecule has 2 saturated carbocycles. The third-order valence-corrected chi connectivity index (χ3v) is 9.91. The van der Waals surface area contributed by atoms with E-state index in [0.717, 1.165) is 60.7 Å². The number of amides is 2. The summed E-state index contributed by atoms with van der Waals surface area (Å²) in [5, 5.41) is 6.66. The van der Waals surface area contributed by atoms with Gasteiger partial charge in [0.1, 0.15) is 11.9 Å². The Balaban J connectivity index is 1.28. The summed E-state index contributed by atoms with van der Waals surface area (Å²) in [6, 6.07) is 14.9. The van der Waals surface area contributed by atoms with Crippen LogP contribution in [0.5, 0.6) is 5.75 Å². The Hall–Kier alpha value is -3.95. The molecule has 0 radical (unpaired) electrons. The maximum absolute atomic E-state index is 14.3. The number of methoxy groups -OCH3 is 1. The van der Waals surface area contributed by atoms with Gasteiger partial charge >= 0.3 is 6.09 Å². The number of ether oxygens (including phenoxy) is 2. The number of halogens is 2. The van der Waals surface area contributed by atoms with Crippen LogP contribution in [0.25, 0.3) is 11.1 Å². The minimum Gasteiger partial charge on any atom is -0.496 e. The van der Waals surface area contributed by atoms with Gasteiger partial charge in [0.2, 0.25) is 5.91 Å². The smallest absolute Gasteiger partial charge is 0.407 e. The number of aryl methyl sites for hydroxylation is 1. The Morgan fingerprint density at radius 3 is 2.38 bits per heavy atom. The molecule has 0 bridgehead atoms. The first-order valence-electron chi connectivity index (χ1n) is 17.3. The number of anilines is 1. The molecule has 3 aromatic rings. The Morgan fingerprint density at radius 2 is 1.75 bits per heavy atom. The Morgan fingerprint density at radius 1 is 1.02 bits per heavy atom. The molecule has 2 aliphatic carbocycles. The first kappa shape index (κ1) is 35.4. The fourth-order valence-electron chi connectivity index (χ4n) is 7.11. The maximum Gasteiger partial charge on any atom is 0.407 e. The van der Waals surface area contributed by atoms with Crippen LogP contribution in [0.3, 0.4) is 0 Å². The van der Waals surface area contributed by atoms with E-state index in [4.69, 9.17) is 9.47 Å². The van der Waals surface area contributed by atoms with Gasteiger partial charge in [-0.05, 0) is 119 Å². The van der Waals surface area contributed by atoms with Crippen molar-refractivity contribution in [1.29, 1.82) is 0 Å². The molecule has 0 aliphatic heterocycles. The standard InChI is InChI=1S/C38H50F2N4O4/c1-25(2)44-23-32(21-42-44)30-7-6-8-33(20-30)43(22-27-9-11-28(12-10-27)31-15-18-35(47-5)26(3)19-31)36(45)29-13-16-34(17-14-29)48-37(46)41-24-38(4,39)40/h6-8,15,18-21,23,25,27-29,34H,9-14,16-17,22,24H2,1-5H3,(H,41,46)/t27-,28-,29-,34-. The number of rotatable bonds is 11. The summed E-state index contributed by atoms with van der Waals surface area (Å²) in [6.07, 6.45) is 9.05. The highest BCUT2D eigenvalue weighted by Gasteiger charge is 2.34. The zero-order chi connectivity index (χ0) is 34.4. The maximum atomic E-state index is 14.3. The van der Waals surface area contributed by atoms with Crippen molar-refractivity contribution >= 4 is 17.7 Å².